The molecule has 2 amide bonds. The van der Waals surface area contributed by atoms with Gasteiger partial charge < -0.3 is 15.0 Å². The summed E-state index contributed by atoms with van der Waals surface area (Å²) in [7, 11) is -4.29. The molecule has 3 rings (SSSR count). The molecular weight excluding hydrogens is 545 g/mol. The van der Waals surface area contributed by atoms with Gasteiger partial charge in [-0.05, 0) is 86.8 Å². The van der Waals surface area contributed by atoms with Crippen LogP contribution in [0.4, 0.5) is 10.1 Å². The second-order valence-electron chi connectivity index (χ2n) is 9.66. The lowest BCUT2D eigenvalue weighted by molar-refractivity contribution is -0.139. The van der Waals surface area contributed by atoms with E-state index in [9.17, 15) is 22.4 Å². The summed E-state index contributed by atoms with van der Waals surface area (Å²) in [6.45, 7) is 7.84. The number of sulfonamides is 1. The normalized spacial score (nSPS) is 11.9. The fourth-order valence-corrected chi connectivity index (χ4v) is 5.64. The summed E-state index contributed by atoms with van der Waals surface area (Å²) in [5.41, 5.74) is 2.00. The van der Waals surface area contributed by atoms with Crippen molar-refractivity contribution in [2.75, 3.05) is 24.0 Å². The average Bonchev–Trinajstić information content (AvgIpc) is 2.96. The summed E-state index contributed by atoms with van der Waals surface area (Å²) in [6, 6.07) is 17.4. The third-order valence-electron chi connectivity index (χ3n) is 6.72. The second kappa shape index (κ2) is 14.6. The molecule has 0 bridgehead atoms. The zero-order chi connectivity index (χ0) is 30.0. The second-order valence-corrected chi connectivity index (χ2v) is 11.5. The van der Waals surface area contributed by atoms with Gasteiger partial charge in [-0.25, -0.2) is 12.8 Å². The molecule has 41 heavy (non-hydrogen) atoms. The van der Waals surface area contributed by atoms with Crippen molar-refractivity contribution in [2.24, 2.45) is 0 Å². The summed E-state index contributed by atoms with van der Waals surface area (Å²) in [5, 5.41) is 2.87. The van der Waals surface area contributed by atoms with Crippen molar-refractivity contribution >= 4 is 27.5 Å². The minimum absolute atomic E-state index is 0.113. The Hall–Kier alpha value is -3.92. The highest BCUT2D eigenvalue weighted by Gasteiger charge is 2.32. The Kier molecular flexibility index (Phi) is 11.3. The van der Waals surface area contributed by atoms with E-state index in [1.54, 1.807) is 31.2 Å². The van der Waals surface area contributed by atoms with E-state index in [2.05, 4.69) is 5.32 Å². The highest BCUT2D eigenvalue weighted by atomic mass is 32.2. The van der Waals surface area contributed by atoms with E-state index in [4.69, 9.17) is 4.74 Å². The van der Waals surface area contributed by atoms with Crippen LogP contribution in [-0.4, -0.2) is 50.9 Å². The van der Waals surface area contributed by atoms with E-state index in [1.165, 1.54) is 4.90 Å². The maximum atomic E-state index is 14.0. The van der Waals surface area contributed by atoms with Gasteiger partial charge in [0.15, 0.2) is 0 Å². The van der Waals surface area contributed by atoms with E-state index in [1.807, 2.05) is 45.0 Å². The maximum absolute atomic E-state index is 14.0. The molecule has 0 aliphatic rings. The summed E-state index contributed by atoms with van der Waals surface area (Å²) >= 11 is 0. The summed E-state index contributed by atoms with van der Waals surface area (Å²) in [6.07, 6.45) is 1.70. The molecule has 0 aliphatic heterocycles. The summed E-state index contributed by atoms with van der Waals surface area (Å²) in [4.78, 5) is 28.3. The molecule has 220 valence electrons. The van der Waals surface area contributed by atoms with Crippen molar-refractivity contribution < 1.29 is 27.1 Å². The number of amides is 2. The molecule has 0 radical (unpaired) electrons. The van der Waals surface area contributed by atoms with Crippen molar-refractivity contribution in [1.29, 1.82) is 0 Å². The fourth-order valence-electron chi connectivity index (χ4n) is 4.23. The molecular formula is C31H38FN3O5S. The van der Waals surface area contributed by atoms with Crippen molar-refractivity contribution in [2.45, 2.75) is 58.0 Å². The van der Waals surface area contributed by atoms with Gasteiger partial charge in [0.2, 0.25) is 11.8 Å². The Morgan fingerprint density at radius 2 is 1.63 bits per heavy atom. The molecule has 10 heteroatoms. The van der Waals surface area contributed by atoms with Crippen LogP contribution in [0.2, 0.25) is 0 Å². The van der Waals surface area contributed by atoms with Gasteiger partial charge in [-0.3, -0.25) is 13.9 Å². The van der Waals surface area contributed by atoms with Crippen LogP contribution in [0.5, 0.6) is 5.75 Å². The number of anilines is 1. The first-order valence-electron chi connectivity index (χ1n) is 13.7. The molecule has 0 saturated heterocycles. The first-order chi connectivity index (χ1) is 19.6. The molecule has 1 N–H and O–H groups in total. The van der Waals surface area contributed by atoms with Crippen LogP contribution in [0.1, 0.15) is 44.7 Å². The van der Waals surface area contributed by atoms with Crippen LogP contribution in [-0.2, 0) is 26.2 Å². The SMILES string of the molecule is CCCCNC(=O)[C@H](C)N(Cc1ccccc1C)C(=O)CN(c1ccc(OCC)cc1)S(=O)(=O)c1ccc(F)cc1. The van der Waals surface area contributed by atoms with Crippen LogP contribution in [0, 0.1) is 12.7 Å². The number of nitrogens with one attached hydrogen (secondary N) is 1. The van der Waals surface area contributed by atoms with Crippen molar-refractivity contribution in [3.8, 4) is 5.75 Å². The monoisotopic (exact) mass is 583 g/mol. The number of rotatable bonds is 14. The van der Waals surface area contributed by atoms with Crippen LogP contribution in [0.3, 0.4) is 0 Å². The average molecular weight is 584 g/mol. The number of carbonyl (C=O) groups is 2. The number of hydrogen-bond acceptors (Lipinski definition) is 5. The molecule has 0 fully saturated rings. The Bertz CT molecular complexity index is 1410. The van der Waals surface area contributed by atoms with Crippen molar-refractivity contribution in [3.63, 3.8) is 0 Å². The number of carbonyl (C=O) groups excluding carboxylic acids is 2. The largest absolute Gasteiger partial charge is 0.494 e. The number of aryl methyl sites for hydroxylation is 1. The first kappa shape index (κ1) is 31.6. The van der Waals surface area contributed by atoms with E-state index >= 15 is 0 Å². The zero-order valence-corrected chi connectivity index (χ0v) is 24.8. The van der Waals surface area contributed by atoms with E-state index in [0.29, 0.717) is 18.9 Å². The zero-order valence-electron chi connectivity index (χ0n) is 24.0. The Morgan fingerprint density at radius 3 is 2.24 bits per heavy atom. The highest BCUT2D eigenvalue weighted by Crippen LogP contribution is 2.27. The van der Waals surface area contributed by atoms with Gasteiger partial charge in [0.1, 0.15) is 24.2 Å². The number of hydrogen-bond donors (Lipinski definition) is 1. The van der Waals surface area contributed by atoms with Gasteiger partial charge in [-0.2, -0.15) is 0 Å². The standard InChI is InChI=1S/C31H38FN3O5S/c1-5-7-20-33-31(37)24(4)34(21-25-11-9-8-10-23(25)3)30(36)22-35(27-14-16-28(17-15-27)40-6-2)41(38,39)29-18-12-26(32)13-19-29/h8-19,24H,5-7,20-22H2,1-4H3,(H,33,37)/t24-/m0/s1. The molecule has 3 aromatic rings. The van der Waals surface area contributed by atoms with E-state index in [-0.39, 0.29) is 23.0 Å². The number of unbranched alkanes of at least 4 members (excludes halogenated alkanes) is 1. The van der Waals surface area contributed by atoms with Crippen molar-refractivity contribution in [3.05, 3.63) is 89.7 Å². The lowest BCUT2D eigenvalue weighted by Gasteiger charge is -2.32. The molecule has 3 aromatic carbocycles. The first-order valence-corrected chi connectivity index (χ1v) is 15.1. The van der Waals surface area contributed by atoms with Crippen molar-refractivity contribution in [1.82, 2.24) is 10.2 Å². The minimum Gasteiger partial charge on any atom is -0.494 e. The quantitative estimate of drug-likeness (QED) is 0.268. The fraction of sp³-hybridized carbons (Fsp3) is 0.355. The molecule has 0 saturated carbocycles. The minimum atomic E-state index is -4.29. The van der Waals surface area contributed by atoms with E-state index < -0.39 is 34.3 Å². The van der Waals surface area contributed by atoms with Gasteiger partial charge in [0.25, 0.3) is 10.0 Å². The Morgan fingerprint density at radius 1 is 0.976 bits per heavy atom. The third-order valence-corrected chi connectivity index (χ3v) is 8.50. The van der Waals surface area contributed by atoms with Crippen LogP contribution in [0.15, 0.2) is 77.7 Å². The summed E-state index contributed by atoms with van der Waals surface area (Å²) < 4.78 is 47.7. The van der Waals surface area contributed by atoms with Crippen LogP contribution in [0.25, 0.3) is 0 Å². The number of halogens is 1. The third kappa shape index (κ3) is 8.29. The summed E-state index contributed by atoms with van der Waals surface area (Å²) in [5.74, 6) is -0.930. The number of ether oxygens (including phenoxy) is 1. The predicted octanol–water partition coefficient (Wildman–Crippen LogP) is 5.06. The predicted molar refractivity (Wildman–Crippen MR) is 158 cm³/mol. The van der Waals surface area contributed by atoms with Gasteiger partial charge in [-0.15, -0.1) is 0 Å². The molecule has 0 heterocycles. The van der Waals surface area contributed by atoms with Crippen LogP contribution >= 0.6 is 0 Å². The molecule has 8 nitrogen and oxygen atoms in total. The smallest absolute Gasteiger partial charge is 0.264 e. The number of nitrogens with zero attached hydrogens (tertiary/aromatic N) is 2. The Balaban J connectivity index is 2.01. The topological polar surface area (TPSA) is 96.0 Å². The Labute approximate surface area is 242 Å². The van der Waals surface area contributed by atoms with Gasteiger partial charge in [0, 0.05) is 13.1 Å². The molecule has 0 aromatic heterocycles. The highest BCUT2D eigenvalue weighted by molar-refractivity contribution is 7.92. The lowest BCUT2D eigenvalue weighted by atomic mass is 10.1. The van der Waals surface area contributed by atoms with Gasteiger partial charge >= 0.3 is 0 Å². The van der Waals surface area contributed by atoms with Gasteiger partial charge in [0.05, 0.1) is 17.2 Å². The lowest BCUT2D eigenvalue weighted by Crippen LogP contribution is -2.51. The molecule has 0 aliphatic carbocycles. The van der Waals surface area contributed by atoms with Gasteiger partial charge in [-0.1, -0.05) is 37.6 Å². The molecule has 1 atom stereocenters. The number of benzene rings is 3. The molecule has 0 unspecified atom stereocenters. The maximum Gasteiger partial charge on any atom is 0.264 e. The molecule has 0 spiro atoms. The van der Waals surface area contributed by atoms with E-state index in [0.717, 1.165) is 52.5 Å². The van der Waals surface area contributed by atoms with Crippen LogP contribution < -0.4 is 14.4 Å².